The molecule has 1 N–H and O–H groups in total. The van der Waals surface area contributed by atoms with Gasteiger partial charge in [-0.15, -0.1) is 0 Å². The van der Waals surface area contributed by atoms with Gasteiger partial charge >= 0.3 is 0 Å². The first-order valence-electron chi connectivity index (χ1n) is 14.9. The topological polar surface area (TPSA) is 56.6 Å². The smallest absolute Gasteiger partial charge is 0.254 e. The summed E-state index contributed by atoms with van der Waals surface area (Å²) < 4.78 is 16.4. The number of rotatable bonds is 9. The molecule has 2 aliphatic heterocycles. The Bertz CT molecular complexity index is 1340. The Labute approximate surface area is 238 Å². The Balaban J connectivity index is 1.47. The highest BCUT2D eigenvalue weighted by molar-refractivity contribution is 6.05. The van der Waals surface area contributed by atoms with Crippen LogP contribution in [0.5, 0.6) is 0 Å². The molecule has 1 aromatic heterocycles. The van der Waals surface area contributed by atoms with Gasteiger partial charge in [0.15, 0.2) is 0 Å². The van der Waals surface area contributed by atoms with Crippen molar-refractivity contribution in [3.63, 3.8) is 0 Å². The lowest BCUT2D eigenvalue weighted by molar-refractivity contribution is 0.0378. The Hall–Kier alpha value is -2.81. The maximum absolute atomic E-state index is 14.5. The van der Waals surface area contributed by atoms with E-state index < -0.39 is 5.82 Å². The number of halogens is 1. The van der Waals surface area contributed by atoms with E-state index in [9.17, 15) is 9.18 Å². The molecular formula is C32H45FN6O. The van der Waals surface area contributed by atoms with Crippen LogP contribution in [0.1, 0.15) is 56.5 Å². The highest BCUT2D eigenvalue weighted by atomic mass is 19.1. The van der Waals surface area contributed by atoms with Gasteiger partial charge in [0.2, 0.25) is 0 Å². The molecule has 5 rings (SSSR count). The summed E-state index contributed by atoms with van der Waals surface area (Å²) in [5.74, 6) is 0.451. The van der Waals surface area contributed by atoms with Gasteiger partial charge in [-0.25, -0.2) is 4.39 Å². The minimum absolute atomic E-state index is 0.0226. The van der Waals surface area contributed by atoms with E-state index in [4.69, 9.17) is 0 Å². The van der Waals surface area contributed by atoms with Gasteiger partial charge in [0.1, 0.15) is 5.82 Å². The predicted molar refractivity (Wildman–Crippen MR) is 160 cm³/mol. The van der Waals surface area contributed by atoms with Crippen LogP contribution in [0.25, 0.3) is 22.0 Å². The number of carbonyl (C=O) groups excluding carboxylic acids is 1. The molecule has 2 aromatic carbocycles. The van der Waals surface area contributed by atoms with Crippen molar-refractivity contribution in [3.05, 3.63) is 53.5 Å². The second kappa shape index (κ2) is 12.0. The molecule has 1 atom stereocenters. The molecule has 2 saturated heterocycles. The van der Waals surface area contributed by atoms with Crippen LogP contribution in [0.3, 0.4) is 0 Å². The summed E-state index contributed by atoms with van der Waals surface area (Å²) in [4.78, 5) is 20.7. The Morgan fingerprint density at radius 1 is 1.10 bits per heavy atom. The van der Waals surface area contributed by atoms with E-state index in [2.05, 4.69) is 46.2 Å². The summed E-state index contributed by atoms with van der Waals surface area (Å²) in [6.07, 6.45) is 1.86. The maximum atomic E-state index is 14.5. The average molecular weight is 549 g/mol. The number of nitrogens with zero attached hydrogens (tertiary/aromatic N) is 5. The van der Waals surface area contributed by atoms with Crippen molar-refractivity contribution < 1.29 is 9.18 Å². The van der Waals surface area contributed by atoms with Crippen molar-refractivity contribution in [2.45, 2.75) is 52.6 Å². The van der Waals surface area contributed by atoms with Crippen molar-refractivity contribution in [2.75, 3.05) is 52.4 Å². The third kappa shape index (κ3) is 5.67. The van der Waals surface area contributed by atoms with Crippen molar-refractivity contribution in [1.29, 1.82) is 0 Å². The number of aromatic nitrogens is 2. The van der Waals surface area contributed by atoms with Crippen LogP contribution in [0.4, 0.5) is 4.39 Å². The molecule has 0 saturated carbocycles. The number of benzene rings is 2. The fourth-order valence-corrected chi connectivity index (χ4v) is 6.45. The molecule has 8 heteroatoms. The highest BCUT2D eigenvalue weighted by Crippen LogP contribution is 2.38. The van der Waals surface area contributed by atoms with Gasteiger partial charge in [-0.05, 0) is 67.6 Å². The molecule has 0 radical (unpaired) electrons. The van der Waals surface area contributed by atoms with Gasteiger partial charge < -0.3 is 10.2 Å². The lowest BCUT2D eigenvalue weighted by atomic mass is 9.84. The number of piperazine rings is 1. The minimum atomic E-state index is -0.399. The Kier molecular flexibility index (Phi) is 8.59. The van der Waals surface area contributed by atoms with Crippen molar-refractivity contribution in [1.82, 2.24) is 29.8 Å². The van der Waals surface area contributed by atoms with Crippen molar-refractivity contribution in [3.8, 4) is 11.1 Å². The Morgan fingerprint density at radius 3 is 2.48 bits per heavy atom. The summed E-state index contributed by atoms with van der Waals surface area (Å²) >= 11 is 0. The number of hydrogen-bond acceptors (Lipinski definition) is 5. The van der Waals surface area contributed by atoms with E-state index in [0.29, 0.717) is 30.0 Å². The molecular weight excluding hydrogens is 503 g/mol. The van der Waals surface area contributed by atoms with E-state index >= 15 is 0 Å². The number of nitrogens with one attached hydrogen (secondary N) is 1. The second-order valence-corrected chi connectivity index (χ2v) is 12.2. The van der Waals surface area contributed by atoms with Crippen molar-refractivity contribution >= 4 is 16.8 Å². The van der Waals surface area contributed by atoms with Gasteiger partial charge in [-0.3, -0.25) is 19.3 Å². The number of fused-ring (bicyclic) bond motifs is 1. The van der Waals surface area contributed by atoms with Gasteiger partial charge in [0, 0.05) is 82.8 Å². The number of hydrogen-bond donors (Lipinski definition) is 1. The number of aryl methyl sites for hydroxylation is 1. The SMILES string of the molecule is CCN(C(=O)c1cc(F)ccc1-c1cc(C2CN([C@@H](CN3CCNCC3)C(C)C)C2)cc2c1cnn2C)C(C)C. The molecule has 3 aromatic rings. The Morgan fingerprint density at radius 2 is 1.82 bits per heavy atom. The zero-order valence-corrected chi connectivity index (χ0v) is 25.0. The van der Waals surface area contributed by atoms with Crippen LogP contribution in [0, 0.1) is 11.7 Å². The van der Waals surface area contributed by atoms with E-state index in [1.807, 2.05) is 38.7 Å². The second-order valence-electron chi connectivity index (χ2n) is 12.2. The first kappa shape index (κ1) is 28.7. The molecule has 216 valence electrons. The average Bonchev–Trinajstić information content (AvgIpc) is 3.28. The molecule has 0 aliphatic carbocycles. The first-order chi connectivity index (χ1) is 19.2. The molecule has 0 unspecified atom stereocenters. The number of amides is 1. The normalized spacial score (nSPS) is 18.0. The molecule has 7 nitrogen and oxygen atoms in total. The standard InChI is InChI=1S/C32H45FN6O/c1-7-39(22(4)5)32(40)28-16-25(33)8-9-26(28)27-14-23(15-30-29(27)17-35-36(30)6)24-18-38(19-24)31(21(2)3)20-37-12-10-34-11-13-37/h8-9,14-17,21-22,24,31,34H,7,10-13,18-20H2,1-6H3/t31-/m0/s1. The van der Waals surface area contributed by atoms with Gasteiger partial charge in [0.25, 0.3) is 5.91 Å². The summed E-state index contributed by atoms with van der Waals surface area (Å²) in [6, 6.07) is 9.65. The fraction of sp³-hybridized carbons (Fsp3) is 0.562. The summed E-state index contributed by atoms with van der Waals surface area (Å²) in [5, 5.41) is 9.00. The fourth-order valence-electron chi connectivity index (χ4n) is 6.45. The largest absolute Gasteiger partial charge is 0.336 e. The monoisotopic (exact) mass is 548 g/mol. The zero-order chi connectivity index (χ0) is 28.6. The summed E-state index contributed by atoms with van der Waals surface area (Å²) in [7, 11) is 1.96. The van der Waals surface area contributed by atoms with E-state index in [0.717, 1.165) is 67.8 Å². The number of carbonyl (C=O) groups is 1. The summed E-state index contributed by atoms with van der Waals surface area (Å²) in [5.41, 5.74) is 4.41. The molecule has 3 heterocycles. The van der Waals surface area contributed by atoms with Crippen LogP contribution in [-0.2, 0) is 7.05 Å². The summed E-state index contributed by atoms with van der Waals surface area (Å²) in [6.45, 7) is 18.7. The first-order valence-corrected chi connectivity index (χ1v) is 14.9. The number of likely N-dealkylation sites (tertiary alicyclic amines) is 1. The van der Waals surface area contributed by atoms with Crippen LogP contribution < -0.4 is 5.32 Å². The lowest BCUT2D eigenvalue weighted by Gasteiger charge is -2.48. The van der Waals surface area contributed by atoms with E-state index in [-0.39, 0.29) is 11.9 Å². The maximum Gasteiger partial charge on any atom is 0.254 e. The van der Waals surface area contributed by atoms with Crippen LogP contribution >= 0.6 is 0 Å². The van der Waals surface area contributed by atoms with Crippen LogP contribution in [-0.4, -0.2) is 94.8 Å². The van der Waals surface area contributed by atoms with Crippen LogP contribution in [0.2, 0.25) is 0 Å². The zero-order valence-electron chi connectivity index (χ0n) is 25.0. The molecule has 1 amide bonds. The molecule has 0 spiro atoms. The van der Waals surface area contributed by atoms with Gasteiger partial charge in [0.05, 0.1) is 17.3 Å². The minimum Gasteiger partial charge on any atom is -0.336 e. The lowest BCUT2D eigenvalue weighted by Crippen LogP contribution is -2.58. The molecule has 40 heavy (non-hydrogen) atoms. The third-order valence-electron chi connectivity index (χ3n) is 8.89. The van der Waals surface area contributed by atoms with Gasteiger partial charge in [-0.2, -0.15) is 5.10 Å². The highest BCUT2D eigenvalue weighted by Gasteiger charge is 2.36. The van der Waals surface area contributed by atoms with E-state index in [1.165, 1.54) is 17.7 Å². The van der Waals surface area contributed by atoms with E-state index in [1.54, 1.807) is 11.0 Å². The third-order valence-corrected chi connectivity index (χ3v) is 8.89. The van der Waals surface area contributed by atoms with Crippen molar-refractivity contribution in [2.24, 2.45) is 13.0 Å². The van der Waals surface area contributed by atoms with Gasteiger partial charge in [-0.1, -0.05) is 19.9 Å². The molecule has 0 bridgehead atoms. The molecule has 2 aliphatic rings. The molecule has 2 fully saturated rings. The van der Waals surface area contributed by atoms with Crippen LogP contribution in [0.15, 0.2) is 36.5 Å². The predicted octanol–water partition coefficient (Wildman–Crippen LogP) is 4.58. The quantitative estimate of drug-likeness (QED) is 0.424.